The van der Waals surface area contributed by atoms with Gasteiger partial charge in [-0.1, -0.05) is 12.1 Å². The lowest BCUT2D eigenvalue weighted by Crippen LogP contribution is -2.28. The normalized spacial score (nSPS) is 17.9. The van der Waals surface area contributed by atoms with Gasteiger partial charge in [0.15, 0.2) is 0 Å². The van der Waals surface area contributed by atoms with Gasteiger partial charge in [0.05, 0.1) is 0 Å². The molecular formula is C12H14F3NO3S. The molecular weight excluding hydrogens is 295 g/mol. The molecule has 8 heteroatoms. The number of rotatable bonds is 3. The molecule has 0 aliphatic carbocycles. The van der Waals surface area contributed by atoms with Crippen LogP contribution in [0.4, 0.5) is 13.2 Å². The van der Waals surface area contributed by atoms with Crippen LogP contribution in [-0.4, -0.2) is 27.0 Å². The van der Waals surface area contributed by atoms with Crippen molar-refractivity contribution in [2.45, 2.75) is 24.3 Å². The molecule has 1 aromatic rings. The maximum Gasteiger partial charge on any atom is 0.534 e. The van der Waals surface area contributed by atoms with Crippen molar-refractivity contribution in [1.82, 2.24) is 5.32 Å². The second-order valence-corrected chi connectivity index (χ2v) is 6.11. The van der Waals surface area contributed by atoms with Gasteiger partial charge in [-0.25, -0.2) is 0 Å². The first kappa shape index (κ1) is 15.1. The summed E-state index contributed by atoms with van der Waals surface area (Å²) in [6.45, 7) is 1.79. The Hall–Kier alpha value is -1.28. The van der Waals surface area contributed by atoms with Crippen LogP contribution in [0.15, 0.2) is 24.3 Å². The summed E-state index contributed by atoms with van der Waals surface area (Å²) in [4.78, 5) is 0. The van der Waals surface area contributed by atoms with E-state index in [1.807, 2.05) is 0 Å². The van der Waals surface area contributed by atoms with E-state index in [4.69, 9.17) is 0 Å². The summed E-state index contributed by atoms with van der Waals surface area (Å²) in [6, 6.07) is 5.72. The third-order valence-electron chi connectivity index (χ3n) is 3.18. The number of alkyl halides is 3. The first-order chi connectivity index (χ1) is 9.29. The largest absolute Gasteiger partial charge is 0.534 e. The van der Waals surface area contributed by atoms with E-state index in [-0.39, 0.29) is 5.75 Å². The number of halogens is 3. The topological polar surface area (TPSA) is 55.4 Å². The summed E-state index contributed by atoms with van der Waals surface area (Å²) in [5.74, 6) is 0.00420. The maximum atomic E-state index is 12.2. The van der Waals surface area contributed by atoms with Gasteiger partial charge in [0.2, 0.25) is 0 Å². The number of benzene rings is 1. The quantitative estimate of drug-likeness (QED) is 0.688. The molecule has 1 N–H and O–H groups in total. The molecule has 0 amide bonds. The van der Waals surface area contributed by atoms with Crippen molar-refractivity contribution >= 4 is 10.1 Å². The average Bonchev–Trinajstić information content (AvgIpc) is 2.39. The monoisotopic (exact) mass is 309 g/mol. The van der Waals surface area contributed by atoms with Crippen LogP contribution in [0.1, 0.15) is 24.3 Å². The Bertz CT molecular complexity index is 548. The number of nitrogens with one attached hydrogen (secondary N) is 1. The SMILES string of the molecule is O=S(=O)(Oc1ccc(C2CCNCC2)cc1)C(F)(F)F. The molecule has 0 spiro atoms. The minimum Gasteiger partial charge on any atom is -0.376 e. The molecule has 4 nitrogen and oxygen atoms in total. The lowest BCUT2D eigenvalue weighted by molar-refractivity contribution is -0.0500. The molecule has 0 aromatic heterocycles. The van der Waals surface area contributed by atoms with Crippen LogP contribution in [0.3, 0.4) is 0 Å². The van der Waals surface area contributed by atoms with Crippen molar-refractivity contribution < 1.29 is 25.8 Å². The fourth-order valence-corrected chi connectivity index (χ4v) is 2.58. The molecule has 2 rings (SSSR count). The second-order valence-electron chi connectivity index (χ2n) is 4.58. The Morgan fingerprint density at radius 2 is 1.65 bits per heavy atom. The van der Waals surface area contributed by atoms with Crippen molar-refractivity contribution in [2.24, 2.45) is 0 Å². The van der Waals surface area contributed by atoms with Crippen molar-refractivity contribution in [1.29, 1.82) is 0 Å². The highest BCUT2D eigenvalue weighted by Gasteiger charge is 2.48. The zero-order valence-electron chi connectivity index (χ0n) is 10.5. The lowest BCUT2D eigenvalue weighted by Gasteiger charge is -2.23. The highest BCUT2D eigenvalue weighted by molar-refractivity contribution is 7.87. The second kappa shape index (κ2) is 5.61. The summed E-state index contributed by atoms with van der Waals surface area (Å²) in [5.41, 5.74) is -4.44. The maximum absolute atomic E-state index is 12.2. The third kappa shape index (κ3) is 3.43. The highest BCUT2D eigenvalue weighted by atomic mass is 32.2. The highest BCUT2D eigenvalue weighted by Crippen LogP contribution is 2.29. The molecule has 0 saturated carbocycles. The molecule has 20 heavy (non-hydrogen) atoms. The zero-order valence-corrected chi connectivity index (χ0v) is 11.3. The molecule has 1 aliphatic rings. The van der Waals surface area contributed by atoms with E-state index in [1.165, 1.54) is 12.1 Å². The summed E-state index contributed by atoms with van der Waals surface area (Å²) in [6.07, 6.45) is 1.89. The van der Waals surface area contributed by atoms with Crippen LogP contribution < -0.4 is 9.50 Å². The molecule has 0 radical (unpaired) electrons. The fourth-order valence-electron chi connectivity index (χ4n) is 2.12. The fraction of sp³-hybridized carbons (Fsp3) is 0.500. The Labute approximate surface area is 115 Å². The summed E-state index contributed by atoms with van der Waals surface area (Å²) < 4.78 is 62.3. The van der Waals surface area contributed by atoms with E-state index in [1.54, 1.807) is 12.1 Å². The molecule has 112 valence electrons. The molecule has 0 atom stereocenters. The Morgan fingerprint density at radius 3 is 2.15 bits per heavy atom. The molecule has 1 aromatic carbocycles. The predicted molar refractivity (Wildman–Crippen MR) is 66.9 cm³/mol. The Balaban J connectivity index is 2.09. The van der Waals surface area contributed by atoms with Gasteiger partial charge >= 0.3 is 15.6 Å². The number of hydrogen-bond acceptors (Lipinski definition) is 4. The minimum absolute atomic E-state index is 0.333. The van der Waals surface area contributed by atoms with Gasteiger partial charge in [-0.2, -0.15) is 21.6 Å². The standard InChI is InChI=1S/C12H14F3NO3S/c13-12(14,15)20(17,18)19-11-3-1-9(2-4-11)10-5-7-16-8-6-10/h1-4,10,16H,5-8H2. The summed E-state index contributed by atoms with van der Waals surface area (Å²) in [7, 11) is -5.60. The van der Waals surface area contributed by atoms with Crippen LogP contribution in [0.2, 0.25) is 0 Å². The molecule has 0 unspecified atom stereocenters. The smallest absolute Gasteiger partial charge is 0.376 e. The van der Waals surface area contributed by atoms with Crippen LogP contribution >= 0.6 is 0 Å². The van der Waals surface area contributed by atoms with Gasteiger partial charge in [-0.15, -0.1) is 0 Å². The van der Waals surface area contributed by atoms with Crippen molar-refractivity contribution in [3.8, 4) is 5.75 Å². The third-order valence-corrected chi connectivity index (χ3v) is 4.16. The first-order valence-corrected chi connectivity index (χ1v) is 7.52. The first-order valence-electron chi connectivity index (χ1n) is 6.11. The van der Waals surface area contributed by atoms with E-state index in [0.717, 1.165) is 31.5 Å². The average molecular weight is 309 g/mol. The van der Waals surface area contributed by atoms with Gasteiger partial charge in [0.25, 0.3) is 0 Å². The van der Waals surface area contributed by atoms with E-state index in [2.05, 4.69) is 9.50 Å². The van der Waals surface area contributed by atoms with Crippen molar-refractivity contribution in [2.75, 3.05) is 13.1 Å². The van der Waals surface area contributed by atoms with Crippen molar-refractivity contribution in [3.05, 3.63) is 29.8 Å². The van der Waals surface area contributed by atoms with Crippen molar-refractivity contribution in [3.63, 3.8) is 0 Å². The Morgan fingerprint density at radius 1 is 1.10 bits per heavy atom. The van der Waals surface area contributed by atoms with Gasteiger partial charge < -0.3 is 9.50 Å². The number of hydrogen-bond donors (Lipinski definition) is 1. The molecule has 1 heterocycles. The van der Waals surface area contributed by atoms with E-state index in [9.17, 15) is 21.6 Å². The molecule has 1 saturated heterocycles. The van der Waals surface area contributed by atoms with E-state index >= 15 is 0 Å². The van der Waals surface area contributed by atoms with Gasteiger partial charge in [0, 0.05) is 0 Å². The molecule has 1 aliphatic heterocycles. The minimum atomic E-state index is -5.60. The predicted octanol–water partition coefficient (Wildman–Crippen LogP) is 2.38. The van der Waals surface area contributed by atoms with Gasteiger partial charge in [-0.05, 0) is 49.5 Å². The summed E-state index contributed by atoms with van der Waals surface area (Å²) in [5, 5.41) is 3.21. The van der Waals surface area contributed by atoms with E-state index in [0.29, 0.717) is 5.92 Å². The lowest BCUT2D eigenvalue weighted by atomic mass is 9.90. The summed E-state index contributed by atoms with van der Waals surface area (Å²) >= 11 is 0. The van der Waals surface area contributed by atoms with Crippen LogP contribution in [-0.2, 0) is 10.1 Å². The van der Waals surface area contributed by atoms with Crippen LogP contribution in [0.25, 0.3) is 0 Å². The van der Waals surface area contributed by atoms with Gasteiger partial charge in [-0.3, -0.25) is 0 Å². The van der Waals surface area contributed by atoms with Crippen LogP contribution in [0.5, 0.6) is 5.75 Å². The van der Waals surface area contributed by atoms with Crippen LogP contribution in [0, 0.1) is 0 Å². The number of piperidine rings is 1. The van der Waals surface area contributed by atoms with E-state index < -0.39 is 15.6 Å². The molecule has 1 fully saturated rings. The molecule has 0 bridgehead atoms. The van der Waals surface area contributed by atoms with Gasteiger partial charge in [0.1, 0.15) is 5.75 Å². The zero-order chi connectivity index (χ0) is 14.8. The Kier molecular flexibility index (Phi) is 4.24.